The Bertz CT molecular complexity index is 980. The lowest BCUT2D eigenvalue weighted by Gasteiger charge is -2.11. The number of hydrogen-bond donors (Lipinski definition) is 1. The van der Waals surface area contributed by atoms with Gasteiger partial charge in [-0.1, -0.05) is 12.1 Å². The highest BCUT2D eigenvalue weighted by Crippen LogP contribution is 2.27. The summed E-state index contributed by atoms with van der Waals surface area (Å²) in [5, 5.41) is 0. The lowest BCUT2D eigenvalue weighted by molar-refractivity contribution is 0.482. The molecule has 0 aliphatic carbocycles. The highest BCUT2D eigenvalue weighted by atomic mass is 79.9. The van der Waals surface area contributed by atoms with Crippen LogP contribution in [0.5, 0.6) is 11.5 Å². The third-order valence-corrected chi connectivity index (χ3v) is 5.93. The maximum absolute atomic E-state index is 12.6. The van der Waals surface area contributed by atoms with Gasteiger partial charge in [-0.2, -0.15) is 0 Å². The van der Waals surface area contributed by atoms with Gasteiger partial charge in [-0.15, -0.1) is 0 Å². The zero-order valence-corrected chi connectivity index (χ0v) is 17.0. The lowest BCUT2D eigenvalue weighted by Crippen LogP contribution is -2.11. The van der Waals surface area contributed by atoms with Gasteiger partial charge in [-0.3, -0.25) is 4.79 Å². The molecule has 1 aromatic heterocycles. The van der Waals surface area contributed by atoms with Crippen LogP contribution in [0.1, 0.15) is 11.4 Å². The number of nitrogens with one attached hydrogen (secondary N) is 1. The van der Waals surface area contributed by atoms with Crippen LogP contribution < -0.4 is 10.2 Å². The minimum atomic E-state index is -1.01. The molecule has 0 aliphatic heterocycles. The molecule has 134 valence electrons. The smallest absolute Gasteiger partial charge is 0.204 e. The number of pyridine rings is 1. The van der Waals surface area contributed by atoms with Crippen LogP contribution in [0.25, 0.3) is 11.1 Å². The van der Waals surface area contributed by atoms with Crippen molar-refractivity contribution in [1.29, 1.82) is 0 Å². The van der Waals surface area contributed by atoms with Gasteiger partial charge in [0, 0.05) is 17.0 Å². The average Bonchev–Trinajstić information content (AvgIpc) is 2.62. The molecule has 2 aromatic carbocycles. The van der Waals surface area contributed by atoms with Crippen molar-refractivity contribution in [3.05, 3.63) is 74.6 Å². The van der Waals surface area contributed by atoms with E-state index < -0.39 is 11.2 Å². The number of hydrogen-bond acceptors (Lipinski definition) is 3. The molecule has 0 fully saturated rings. The fraction of sp³-hybridized carbons (Fsp3) is 0.150. The molecule has 6 heteroatoms. The summed E-state index contributed by atoms with van der Waals surface area (Å²) in [6, 6.07) is 14.5. The summed E-state index contributed by atoms with van der Waals surface area (Å²) in [7, 11) is 0. The highest BCUT2D eigenvalue weighted by molar-refractivity contribution is 9.10. The summed E-state index contributed by atoms with van der Waals surface area (Å²) in [5.41, 5.74) is 3.08. The Morgan fingerprint density at radius 2 is 1.50 bits per heavy atom. The first-order valence-electron chi connectivity index (χ1n) is 7.97. The zero-order valence-electron chi connectivity index (χ0n) is 14.6. The SMILES string of the molecule is Cc1[nH]c(C)c(-c2ccc(Oc3ccc([S+](C)[O-])cc3)cc2)c(=O)c1Br. The van der Waals surface area contributed by atoms with Crippen molar-refractivity contribution < 1.29 is 9.29 Å². The van der Waals surface area contributed by atoms with E-state index in [9.17, 15) is 9.35 Å². The number of halogens is 1. The van der Waals surface area contributed by atoms with Gasteiger partial charge in [-0.05, 0) is 82.9 Å². The lowest BCUT2D eigenvalue weighted by atomic mass is 10.0. The monoisotopic (exact) mass is 431 g/mol. The number of aromatic nitrogens is 1. The maximum atomic E-state index is 12.6. The molecule has 0 aliphatic rings. The van der Waals surface area contributed by atoms with Gasteiger partial charge in [0.05, 0.1) is 4.47 Å². The number of aryl methyl sites for hydroxylation is 2. The van der Waals surface area contributed by atoms with Crippen LogP contribution in [0.4, 0.5) is 0 Å². The van der Waals surface area contributed by atoms with E-state index in [0.717, 1.165) is 21.8 Å². The van der Waals surface area contributed by atoms with Gasteiger partial charge in [0.2, 0.25) is 5.43 Å². The minimum Gasteiger partial charge on any atom is -0.612 e. The van der Waals surface area contributed by atoms with Gasteiger partial charge in [0.25, 0.3) is 0 Å². The highest BCUT2D eigenvalue weighted by Gasteiger charge is 2.13. The second-order valence-electron chi connectivity index (χ2n) is 5.95. The van der Waals surface area contributed by atoms with Crippen molar-refractivity contribution >= 4 is 27.1 Å². The molecule has 1 unspecified atom stereocenters. The molecule has 4 nitrogen and oxygen atoms in total. The number of aromatic amines is 1. The second kappa shape index (κ2) is 7.70. The molecule has 0 spiro atoms. The molecule has 0 saturated carbocycles. The van der Waals surface area contributed by atoms with Crippen molar-refractivity contribution in [2.24, 2.45) is 0 Å². The van der Waals surface area contributed by atoms with Gasteiger partial charge in [0.1, 0.15) is 17.8 Å². The summed E-state index contributed by atoms with van der Waals surface area (Å²) < 4.78 is 17.8. The third-order valence-electron chi connectivity index (χ3n) is 4.04. The van der Waals surface area contributed by atoms with E-state index in [1.807, 2.05) is 38.1 Å². The van der Waals surface area contributed by atoms with Crippen LogP contribution in [0.15, 0.2) is 62.7 Å². The Balaban J connectivity index is 1.85. The summed E-state index contributed by atoms with van der Waals surface area (Å²) in [6.45, 7) is 3.75. The second-order valence-corrected chi connectivity index (χ2v) is 8.12. The van der Waals surface area contributed by atoms with Crippen LogP contribution in [-0.4, -0.2) is 15.8 Å². The van der Waals surface area contributed by atoms with Gasteiger partial charge >= 0.3 is 0 Å². The molecule has 0 saturated heterocycles. The largest absolute Gasteiger partial charge is 0.612 e. The molecule has 3 aromatic rings. The maximum Gasteiger partial charge on any atom is 0.204 e. The van der Waals surface area contributed by atoms with Gasteiger partial charge < -0.3 is 14.3 Å². The van der Waals surface area contributed by atoms with E-state index in [2.05, 4.69) is 20.9 Å². The molecule has 1 atom stereocenters. The predicted octanol–water partition coefficient (Wildman–Crippen LogP) is 4.95. The normalized spacial score (nSPS) is 12.0. The molecular formula is C20H18BrNO3S. The Hall–Kier alpha value is -2.02. The summed E-state index contributed by atoms with van der Waals surface area (Å²) in [4.78, 5) is 16.5. The van der Waals surface area contributed by atoms with Crippen molar-refractivity contribution in [3.8, 4) is 22.6 Å². The molecular weight excluding hydrogens is 414 g/mol. The van der Waals surface area contributed by atoms with E-state index in [0.29, 0.717) is 21.5 Å². The zero-order chi connectivity index (χ0) is 18.8. The molecule has 0 amide bonds. The molecule has 26 heavy (non-hydrogen) atoms. The quantitative estimate of drug-likeness (QED) is 0.594. The van der Waals surface area contributed by atoms with E-state index in [1.54, 1.807) is 30.5 Å². The van der Waals surface area contributed by atoms with Crippen LogP contribution in [0.2, 0.25) is 0 Å². The minimum absolute atomic E-state index is 0.0319. The third kappa shape index (κ3) is 3.87. The topological polar surface area (TPSA) is 65.2 Å². The van der Waals surface area contributed by atoms with Crippen molar-refractivity contribution in [2.75, 3.05) is 6.26 Å². The first-order valence-corrected chi connectivity index (χ1v) is 10.3. The van der Waals surface area contributed by atoms with Crippen LogP contribution in [0.3, 0.4) is 0 Å². The first kappa shape index (κ1) is 18.8. The molecule has 3 rings (SSSR count). The Labute approximate surface area is 163 Å². The summed E-state index contributed by atoms with van der Waals surface area (Å²) >= 11 is 2.34. The van der Waals surface area contributed by atoms with E-state index in [1.165, 1.54) is 0 Å². The standard InChI is InChI=1S/C20H18BrNO3S/c1-12-18(20(23)19(21)13(2)22-12)14-4-6-15(7-5-14)25-16-8-10-17(11-9-16)26(3)24/h4-11H,1-3H3,(H,22,23). The van der Waals surface area contributed by atoms with E-state index >= 15 is 0 Å². The molecule has 0 radical (unpaired) electrons. The van der Waals surface area contributed by atoms with Crippen molar-refractivity contribution in [2.45, 2.75) is 18.7 Å². The summed E-state index contributed by atoms with van der Waals surface area (Å²) in [6.07, 6.45) is 1.64. The van der Waals surface area contributed by atoms with Crippen molar-refractivity contribution in [3.63, 3.8) is 0 Å². The molecule has 1 N–H and O–H groups in total. The molecule has 0 bridgehead atoms. The number of H-pyrrole nitrogens is 1. The van der Waals surface area contributed by atoms with Gasteiger partial charge in [-0.25, -0.2) is 0 Å². The summed E-state index contributed by atoms with van der Waals surface area (Å²) in [5.74, 6) is 1.33. The van der Waals surface area contributed by atoms with Crippen molar-refractivity contribution in [1.82, 2.24) is 4.98 Å². The number of ether oxygens (including phenoxy) is 1. The molecule has 1 heterocycles. The first-order chi connectivity index (χ1) is 12.4. The number of benzene rings is 2. The number of rotatable bonds is 4. The Morgan fingerprint density at radius 3 is 2.04 bits per heavy atom. The van der Waals surface area contributed by atoms with Crippen LogP contribution >= 0.6 is 15.9 Å². The van der Waals surface area contributed by atoms with E-state index in [-0.39, 0.29) is 5.43 Å². The fourth-order valence-electron chi connectivity index (χ4n) is 2.72. The van der Waals surface area contributed by atoms with Crippen LogP contribution in [0, 0.1) is 13.8 Å². The predicted molar refractivity (Wildman–Crippen MR) is 109 cm³/mol. The van der Waals surface area contributed by atoms with Crippen LogP contribution in [-0.2, 0) is 11.2 Å². The van der Waals surface area contributed by atoms with Gasteiger partial charge in [0.15, 0.2) is 4.90 Å². The average molecular weight is 432 g/mol. The Kier molecular flexibility index (Phi) is 5.55. The van der Waals surface area contributed by atoms with E-state index in [4.69, 9.17) is 4.74 Å². The fourth-order valence-corrected chi connectivity index (χ4v) is 3.54. The Morgan fingerprint density at radius 1 is 0.962 bits per heavy atom.